The first-order valence-electron chi connectivity index (χ1n) is 6.42. The summed E-state index contributed by atoms with van der Waals surface area (Å²) in [6.45, 7) is 0.323. The molecular formula is C14H14F3NO3. The van der Waals surface area contributed by atoms with Crippen molar-refractivity contribution in [3.8, 4) is 0 Å². The molecule has 7 heteroatoms. The minimum atomic E-state index is -4.35. The van der Waals surface area contributed by atoms with Gasteiger partial charge in [-0.3, -0.25) is 4.79 Å². The number of hydrogen-bond acceptors (Lipinski definition) is 3. The van der Waals surface area contributed by atoms with Gasteiger partial charge in [0, 0.05) is 12.8 Å². The molecule has 1 atom stereocenters. The number of aliphatic imine (C=N–C) groups is 1. The van der Waals surface area contributed by atoms with E-state index in [2.05, 4.69) is 4.99 Å². The Bertz CT molecular complexity index is 537. The molecule has 0 aromatic heterocycles. The molecule has 0 bridgehead atoms. The second-order valence-electron chi connectivity index (χ2n) is 4.79. The molecule has 1 aliphatic heterocycles. The molecule has 0 saturated carbocycles. The van der Waals surface area contributed by atoms with E-state index in [0.717, 1.165) is 12.1 Å². The van der Waals surface area contributed by atoms with Crippen LogP contribution >= 0.6 is 0 Å². The SMILES string of the molecule is O=C(O)CCC1COC(Cc2ccc(C(F)(F)F)cc2)=N1. The molecule has 2 rings (SSSR count). The lowest BCUT2D eigenvalue weighted by Crippen LogP contribution is -2.09. The molecular weight excluding hydrogens is 287 g/mol. The first kappa shape index (κ1) is 15.3. The Balaban J connectivity index is 1.93. The first-order chi connectivity index (χ1) is 9.84. The van der Waals surface area contributed by atoms with Crippen LogP contribution in [0.15, 0.2) is 29.3 Å². The Morgan fingerprint density at radius 2 is 2.00 bits per heavy atom. The summed E-state index contributed by atoms with van der Waals surface area (Å²) in [6, 6.07) is 4.63. The van der Waals surface area contributed by atoms with E-state index in [1.807, 2.05) is 0 Å². The summed E-state index contributed by atoms with van der Waals surface area (Å²) in [6.07, 6.45) is -3.62. The second kappa shape index (κ2) is 6.15. The average Bonchev–Trinajstić information content (AvgIpc) is 2.83. The van der Waals surface area contributed by atoms with Gasteiger partial charge in [-0.15, -0.1) is 0 Å². The molecule has 0 saturated heterocycles. The number of carboxylic acids is 1. The van der Waals surface area contributed by atoms with Gasteiger partial charge in [0.2, 0.25) is 0 Å². The zero-order valence-corrected chi connectivity index (χ0v) is 11.1. The van der Waals surface area contributed by atoms with Crippen LogP contribution in [0.2, 0.25) is 0 Å². The van der Waals surface area contributed by atoms with Crippen molar-refractivity contribution < 1.29 is 27.8 Å². The molecule has 4 nitrogen and oxygen atoms in total. The standard InChI is InChI=1S/C14H14F3NO3/c15-14(16,17)10-3-1-9(2-4-10)7-12-18-11(8-21-12)5-6-13(19)20/h1-4,11H,5-8H2,(H,19,20). The van der Waals surface area contributed by atoms with E-state index >= 15 is 0 Å². The zero-order valence-electron chi connectivity index (χ0n) is 11.1. The van der Waals surface area contributed by atoms with Crippen LogP contribution in [0, 0.1) is 0 Å². The maximum Gasteiger partial charge on any atom is 0.416 e. The van der Waals surface area contributed by atoms with Gasteiger partial charge in [-0.05, 0) is 24.1 Å². The van der Waals surface area contributed by atoms with Crippen molar-refractivity contribution >= 4 is 11.9 Å². The van der Waals surface area contributed by atoms with Crippen molar-refractivity contribution in [1.29, 1.82) is 0 Å². The molecule has 1 unspecified atom stereocenters. The minimum Gasteiger partial charge on any atom is -0.481 e. The number of benzene rings is 1. The third kappa shape index (κ3) is 4.47. The summed E-state index contributed by atoms with van der Waals surface area (Å²) < 4.78 is 42.6. The smallest absolute Gasteiger partial charge is 0.416 e. The average molecular weight is 301 g/mol. The van der Waals surface area contributed by atoms with E-state index in [-0.39, 0.29) is 12.5 Å². The molecule has 0 spiro atoms. The van der Waals surface area contributed by atoms with Crippen LogP contribution in [0.4, 0.5) is 13.2 Å². The van der Waals surface area contributed by atoms with Gasteiger partial charge in [0.05, 0.1) is 11.6 Å². The summed E-state index contributed by atoms with van der Waals surface area (Å²) in [5.41, 5.74) is -0.0273. The van der Waals surface area contributed by atoms with E-state index in [9.17, 15) is 18.0 Å². The van der Waals surface area contributed by atoms with Crippen molar-refractivity contribution in [2.45, 2.75) is 31.5 Å². The van der Waals surface area contributed by atoms with Gasteiger partial charge in [0.15, 0.2) is 5.90 Å². The maximum absolute atomic E-state index is 12.4. The van der Waals surface area contributed by atoms with Gasteiger partial charge in [0.1, 0.15) is 6.61 Å². The Kier molecular flexibility index (Phi) is 4.50. The van der Waals surface area contributed by atoms with E-state index in [1.54, 1.807) is 0 Å². The summed E-state index contributed by atoms with van der Waals surface area (Å²) in [5, 5.41) is 8.59. The Morgan fingerprint density at radius 3 is 2.57 bits per heavy atom. The number of carboxylic acid groups (broad SMARTS) is 1. The van der Waals surface area contributed by atoms with E-state index in [0.29, 0.717) is 30.9 Å². The van der Waals surface area contributed by atoms with Gasteiger partial charge >= 0.3 is 12.1 Å². The predicted octanol–water partition coefficient (Wildman–Crippen LogP) is 2.91. The molecule has 1 aliphatic rings. The van der Waals surface area contributed by atoms with E-state index in [4.69, 9.17) is 9.84 Å². The third-order valence-corrected chi connectivity index (χ3v) is 3.10. The molecule has 1 heterocycles. The molecule has 114 valence electrons. The van der Waals surface area contributed by atoms with Crippen molar-refractivity contribution in [3.05, 3.63) is 35.4 Å². The highest BCUT2D eigenvalue weighted by atomic mass is 19.4. The Hall–Kier alpha value is -2.05. The van der Waals surface area contributed by atoms with Crippen molar-refractivity contribution in [3.63, 3.8) is 0 Å². The van der Waals surface area contributed by atoms with Gasteiger partial charge in [0.25, 0.3) is 0 Å². The molecule has 0 fully saturated rings. The normalized spacial score (nSPS) is 18.2. The minimum absolute atomic E-state index is 0.0189. The lowest BCUT2D eigenvalue weighted by atomic mass is 10.1. The summed E-state index contributed by atoms with van der Waals surface area (Å²) in [5.74, 6) is -0.452. The van der Waals surface area contributed by atoms with Crippen molar-refractivity contribution in [2.24, 2.45) is 4.99 Å². The number of rotatable bonds is 5. The number of ether oxygens (including phenoxy) is 1. The molecule has 0 amide bonds. The zero-order chi connectivity index (χ0) is 15.5. The predicted molar refractivity (Wildman–Crippen MR) is 69.2 cm³/mol. The van der Waals surface area contributed by atoms with Gasteiger partial charge in [-0.1, -0.05) is 12.1 Å². The number of halogens is 3. The Morgan fingerprint density at radius 1 is 1.33 bits per heavy atom. The van der Waals surface area contributed by atoms with Crippen LogP contribution in [0.1, 0.15) is 24.0 Å². The summed E-state index contributed by atoms with van der Waals surface area (Å²) in [7, 11) is 0. The highest BCUT2D eigenvalue weighted by Crippen LogP contribution is 2.29. The molecule has 1 aromatic rings. The highest BCUT2D eigenvalue weighted by Gasteiger charge is 2.30. The fourth-order valence-corrected chi connectivity index (χ4v) is 1.99. The van der Waals surface area contributed by atoms with Crippen LogP contribution in [0.3, 0.4) is 0 Å². The fraction of sp³-hybridized carbons (Fsp3) is 0.429. The quantitative estimate of drug-likeness (QED) is 0.909. The Labute approximate surface area is 119 Å². The van der Waals surface area contributed by atoms with Crippen LogP contribution < -0.4 is 0 Å². The number of nitrogens with zero attached hydrogens (tertiary/aromatic N) is 1. The van der Waals surface area contributed by atoms with Crippen LogP contribution in [0.5, 0.6) is 0 Å². The second-order valence-corrected chi connectivity index (χ2v) is 4.79. The largest absolute Gasteiger partial charge is 0.481 e. The van der Waals surface area contributed by atoms with Crippen LogP contribution in [-0.2, 0) is 22.1 Å². The van der Waals surface area contributed by atoms with E-state index in [1.165, 1.54) is 12.1 Å². The molecule has 0 radical (unpaired) electrons. The highest BCUT2D eigenvalue weighted by molar-refractivity contribution is 5.80. The van der Waals surface area contributed by atoms with Crippen molar-refractivity contribution in [2.75, 3.05) is 6.61 Å². The molecule has 1 N–H and O–H groups in total. The number of carbonyl (C=O) groups is 1. The summed E-state index contributed by atoms with van der Waals surface area (Å²) in [4.78, 5) is 14.7. The van der Waals surface area contributed by atoms with Gasteiger partial charge in [-0.25, -0.2) is 4.99 Å². The molecule has 21 heavy (non-hydrogen) atoms. The lowest BCUT2D eigenvalue weighted by molar-refractivity contribution is -0.138. The van der Waals surface area contributed by atoms with Gasteiger partial charge in [-0.2, -0.15) is 13.2 Å². The maximum atomic E-state index is 12.4. The molecule has 0 aliphatic carbocycles. The number of alkyl halides is 3. The van der Waals surface area contributed by atoms with E-state index < -0.39 is 17.7 Å². The van der Waals surface area contributed by atoms with Crippen LogP contribution in [0.25, 0.3) is 0 Å². The lowest BCUT2D eigenvalue weighted by Gasteiger charge is -2.07. The topological polar surface area (TPSA) is 58.9 Å². The molecule has 1 aromatic carbocycles. The summed E-state index contributed by atoms with van der Waals surface area (Å²) >= 11 is 0. The monoisotopic (exact) mass is 301 g/mol. The third-order valence-electron chi connectivity index (χ3n) is 3.10. The number of hydrogen-bond donors (Lipinski definition) is 1. The first-order valence-corrected chi connectivity index (χ1v) is 6.42. The van der Waals surface area contributed by atoms with Crippen molar-refractivity contribution in [1.82, 2.24) is 0 Å². The van der Waals surface area contributed by atoms with Gasteiger partial charge < -0.3 is 9.84 Å². The number of aliphatic carboxylic acids is 1. The van der Waals surface area contributed by atoms with Crippen LogP contribution in [-0.4, -0.2) is 29.6 Å². The fourth-order valence-electron chi connectivity index (χ4n) is 1.99.